The van der Waals surface area contributed by atoms with E-state index in [0.29, 0.717) is 19.0 Å². The van der Waals surface area contributed by atoms with E-state index in [2.05, 4.69) is 20.5 Å². The van der Waals surface area contributed by atoms with Crippen LogP contribution in [0.1, 0.15) is 17.7 Å². The van der Waals surface area contributed by atoms with E-state index in [0.717, 1.165) is 57.1 Å². The highest BCUT2D eigenvalue weighted by Gasteiger charge is 2.09. The van der Waals surface area contributed by atoms with Gasteiger partial charge in [-0.25, -0.2) is 4.99 Å². The molecule has 0 radical (unpaired) electrons. The fourth-order valence-corrected chi connectivity index (χ4v) is 2.99. The van der Waals surface area contributed by atoms with Gasteiger partial charge in [-0.1, -0.05) is 12.1 Å². The number of benzene rings is 1. The number of aliphatic imine (C=N–C) groups is 1. The van der Waals surface area contributed by atoms with E-state index in [9.17, 15) is 10.1 Å². The summed E-state index contributed by atoms with van der Waals surface area (Å²) in [7, 11) is 0. The number of furan rings is 1. The summed E-state index contributed by atoms with van der Waals surface area (Å²) in [5.41, 5.74) is 0.984. The molecule has 0 aliphatic carbocycles. The fourth-order valence-electron chi connectivity index (χ4n) is 2.99. The Hall–Kier alpha value is -2.18. The highest BCUT2D eigenvalue weighted by molar-refractivity contribution is 14.0. The molecule has 0 unspecified atom stereocenters. The van der Waals surface area contributed by atoms with E-state index < -0.39 is 4.92 Å². The summed E-state index contributed by atoms with van der Waals surface area (Å²) in [5, 5.41) is 17.4. The summed E-state index contributed by atoms with van der Waals surface area (Å²) in [4.78, 5) is 17.4. The molecule has 0 amide bonds. The van der Waals surface area contributed by atoms with Crippen LogP contribution in [0.5, 0.6) is 0 Å². The quantitative estimate of drug-likeness (QED) is 0.129. The van der Waals surface area contributed by atoms with E-state index in [1.807, 2.05) is 12.1 Å². The summed E-state index contributed by atoms with van der Waals surface area (Å²) in [6.07, 6.45) is 2.64. The van der Waals surface area contributed by atoms with Crippen LogP contribution < -0.4 is 10.6 Å². The molecule has 0 atom stereocenters. The summed E-state index contributed by atoms with van der Waals surface area (Å²) in [5.74, 6) is 1.50. The molecule has 10 heteroatoms. The molecule has 30 heavy (non-hydrogen) atoms. The van der Waals surface area contributed by atoms with Crippen molar-refractivity contribution in [3.8, 4) is 0 Å². The second kappa shape index (κ2) is 13.2. The van der Waals surface area contributed by atoms with Gasteiger partial charge in [0.25, 0.3) is 5.69 Å². The summed E-state index contributed by atoms with van der Waals surface area (Å²) >= 11 is 0. The third kappa shape index (κ3) is 8.28. The molecular formula is C20H28IN5O4. The number of morpholine rings is 1. The average Bonchev–Trinajstić information content (AvgIpc) is 3.27. The monoisotopic (exact) mass is 529 g/mol. The molecule has 1 fully saturated rings. The number of halogens is 1. The van der Waals surface area contributed by atoms with Crippen molar-refractivity contribution in [3.63, 3.8) is 0 Å². The molecule has 2 N–H and O–H groups in total. The minimum absolute atomic E-state index is 0. The topological polar surface area (TPSA) is 105 Å². The molecule has 9 nitrogen and oxygen atoms in total. The van der Waals surface area contributed by atoms with Gasteiger partial charge in [-0.15, -0.1) is 24.0 Å². The SMILES string of the molecule is I.O=[N+]([O-])c1ccc(CN=C(NCCCN2CCOCC2)NCc2ccco2)cc1. The Labute approximate surface area is 193 Å². The number of rotatable bonds is 9. The van der Waals surface area contributed by atoms with Gasteiger partial charge in [0.1, 0.15) is 5.76 Å². The zero-order valence-corrected chi connectivity index (χ0v) is 19.1. The van der Waals surface area contributed by atoms with Crippen LogP contribution in [0.15, 0.2) is 52.1 Å². The Morgan fingerprint density at radius 1 is 1.17 bits per heavy atom. The van der Waals surface area contributed by atoms with Gasteiger partial charge < -0.3 is 19.8 Å². The van der Waals surface area contributed by atoms with E-state index in [1.165, 1.54) is 12.1 Å². The van der Waals surface area contributed by atoms with Gasteiger partial charge in [0.15, 0.2) is 5.96 Å². The summed E-state index contributed by atoms with van der Waals surface area (Å²) < 4.78 is 10.7. The van der Waals surface area contributed by atoms with Crippen LogP contribution in [0.3, 0.4) is 0 Å². The fraction of sp³-hybridized carbons (Fsp3) is 0.450. The average molecular weight is 529 g/mol. The Morgan fingerprint density at radius 2 is 1.93 bits per heavy atom. The smallest absolute Gasteiger partial charge is 0.269 e. The van der Waals surface area contributed by atoms with Crippen molar-refractivity contribution >= 4 is 35.6 Å². The molecule has 164 valence electrons. The molecule has 0 spiro atoms. The summed E-state index contributed by atoms with van der Waals surface area (Å²) in [6.45, 7) is 6.35. The zero-order valence-electron chi connectivity index (χ0n) is 16.8. The Bertz CT molecular complexity index is 777. The molecule has 1 saturated heterocycles. The Balaban J connectivity index is 0.00000320. The van der Waals surface area contributed by atoms with Crippen molar-refractivity contribution in [1.29, 1.82) is 0 Å². The van der Waals surface area contributed by atoms with Crippen molar-refractivity contribution in [2.75, 3.05) is 39.4 Å². The number of nitrogens with zero attached hydrogens (tertiary/aromatic N) is 3. The highest BCUT2D eigenvalue weighted by atomic mass is 127. The summed E-state index contributed by atoms with van der Waals surface area (Å²) in [6, 6.07) is 10.2. The van der Waals surface area contributed by atoms with Crippen LogP contribution >= 0.6 is 24.0 Å². The lowest BCUT2D eigenvalue weighted by atomic mass is 10.2. The third-order valence-corrected chi connectivity index (χ3v) is 4.62. The van der Waals surface area contributed by atoms with Crippen molar-refractivity contribution in [1.82, 2.24) is 15.5 Å². The van der Waals surface area contributed by atoms with Crippen LogP contribution in [-0.2, 0) is 17.8 Å². The van der Waals surface area contributed by atoms with E-state index in [4.69, 9.17) is 9.15 Å². The lowest BCUT2D eigenvalue weighted by Crippen LogP contribution is -2.40. The maximum Gasteiger partial charge on any atom is 0.269 e. The molecule has 1 aliphatic rings. The molecule has 2 heterocycles. The molecule has 1 aromatic heterocycles. The van der Waals surface area contributed by atoms with Gasteiger partial charge in [0.2, 0.25) is 0 Å². The second-order valence-electron chi connectivity index (χ2n) is 6.76. The first-order valence-corrected chi connectivity index (χ1v) is 9.79. The first-order valence-electron chi connectivity index (χ1n) is 9.79. The van der Waals surface area contributed by atoms with E-state index in [-0.39, 0.29) is 29.7 Å². The number of hydrogen-bond donors (Lipinski definition) is 2. The maximum atomic E-state index is 10.8. The molecular weight excluding hydrogens is 501 g/mol. The normalized spacial score (nSPS) is 14.7. The molecule has 1 aromatic carbocycles. The highest BCUT2D eigenvalue weighted by Crippen LogP contribution is 2.12. The molecule has 3 rings (SSSR count). The molecule has 1 aliphatic heterocycles. The zero-order chi connectivity index (χ0) is 20.3. The number of hydrogen-bond acceptors (Lipinski definition) is 6. The van der Waals surface area contributed by atoms with Crippen molar-refractivity contribution in [2.24, 2.45) is 4.99 Å². The number of nitrogens with one attached hydrogen (secondary N) is 2. The van der Waals surface area contributed by atoms with Gasteiger partial charge in [0.05, 0.1) is 37.5 Å². The predicted molar refractivity (Wildman–Crippen MR) is 125 cm³/mol. The van der Waals surface area contributed by atoms with Gasteiger partial charge in [-0.05, 0) is 30.7 Å². The minimum atomic E-state index is -0.403. The van der Waals surface area contributed by atoms with Crippen LogP contribution in [0, 0.1) is 10.1 Å². The van der Waals surface area contributed by atoms with Gasteiger partial charge in [0, 0.05) is 31.8 Å². The van der Waals surface area contributed by atoms with Crippen molar-refractivity contribution < 1.29 is 14.1 Å². The number of guanidine groups is 1. The number of non-ortho nitro benzene ring substituents is 1. The molecule has 0 saturated carbocycles. The Morgan fingerprint density at radius 3 is 2.60 bits per heavy atom. The van der Waals surface area contributed by atoms with Gasteiger partial charge >= 0.3 is 0 Å². The number of ether oxygens (including phenoxy) is 1. The second-order valence-corrected chi connectivity index (χ2v) is 6.76. The minimum Gasteiger partial charge on any atom is -0.467 e. The maximum absolute atomic E-state index is 10.8. The standard InChI is InChI=1S/C20H27N5O4.HI/c26-25(27)18-6-4-17(5-7-18)15-22-20(23-16-19-3-1-12-29-19)21-8-2-9-24-10-13-28-14-11-24;/h1,3-7,12H,2,8-11,13-16H2,(H2,21,22,23);1H. The van der Waals surface area contributed by atoms with Crippen LogP contribution in [0.4, 0.5) is 5.69 Å². The van der Waals surface area contributed by atoms with E-state index in [1.54, 1.807) is 18.4 Å². The molecule has 2 aromatic rings. The predicted octanol–water partition coefficient (Wildman–Crippen LogP) is 2.76. The van der Waals surface area contributed by atoms with Gasteiger partial charge in [-0.2, -0.15) is 0 Å². The molecule has 0 bridgehead atoms. The van der Waals surface area contributed by atoms with Gasteiger partial charge in [-0.3, -0.25) is 15.0 Å². The first kappa shape index (κ1) is 24.1. The van der Waals surface area contributed by atoms with Crippen molar-refractivity contribution in [3.05, 3.63) is 64.1 Å². The number of nitro benzene ring substituents is 1. The third-order valence-electron chi connectivity index (χ3n) is 4.62. The van der Waals surface area contributed by atoms with E-state index >= 15 is 0 Å². The van der Waals surface area contributed by atoms with Crippen LogP contribution in [0.25, 0.3) is 0 Å². The largest absolute Gasteiger partial charge is 0.467 e. The van der Waals surface area contributed by atoms with Crippen molar-refractivity contribution in [2.45, 2.75) is 19.5 Å². The Kier molecular flexibility index (Phi) is 10.6. The number of nitro groups is 1. The lowest BCUT2D eigenvalue weighted by molar-refractivity contribution is -0.384. The van der Waals surface area contributed by atoms with Crippen LogP contribution in [-0.4, -0.2) is 55.2 Å². The lowest BCUT2D eigenvalue weighted by Gasteiger charge is -2.26. The van der Waals surface area contributed by atoms with Crippen LogP contribution in [0.2, 0.25) is 0 Å². The first-order chi connectivity index (χ1) is 14.2.